The van der Waals surface area contributed by atoms with E-state index in [1.165, 1.54) is 11.7 Å². The zero-order valence-corrected chi connectivity index (χ0v) is 10.1. The molecule has 0 aliphatic carbocycles. The molecule has 0 nitrogen and oxygen atoms in total. The van der Waals surface area contributed by atoms with Gasteiger partial charge in [0.1, 0.15) is 0 Å². The van der Waals surface area contributed by atoms with Crippen LogP contribution < -0.4 is 0 Å². The molecule has 44 valence electrons. The molecule has 0 unspecified atom stereocenters. The van der Waals surface area contributed by atoms with Gasteiger partial charge in [0, 0.05) is 0 Å². The van der Waals surface area contributed by atoms with E-state index < -0.39 is 0 Å². The first-order chi connectivity index (χ1) is 3.06. The Kier molecular flexibility index (Phi) is 2.97. The summed E-state index contributed by atoms with van der Waals surface area (Å²) in [7, 11) is 0. The Hall–Kier alpha value is 0.543. The fourth-order valence-corrected chi connectivity index (χ4v) is 3.90. The van der Waals surface area contributed by atoms with Crippen molar-refractivity contribution in [2.75, 3.05) is 0 Å². The molecule has 7 heavy (non-hydrogen) atoms. The van der Waals surface area contributed by atoms with E-state index in [9.17, 15) is 0 Å². The van der Waals surface area contributed by atoms with Crippen LogP contribution in [0.3, 0.4) is 0 Å². The van der Waals surface area contributed by atoms with Crippen LogP contribution in [0, 0.1) is 5.41 Å². The topological polar surface area (TPSA) is 0 Å². The van der Waals surface area contributed by atoms with Gasteiger partial charge in [-0.15, -0.1) is 0 Å². The molecular weight excluding hydrogens is 145 g/mol. The fraction of sp³-hybridized carbons (Fsp3) is 1.00. The van der Waals surface area contributed by atoms with E-state index in [-0.39, 0.29) is 0 Å². The molecule has 0 aliphatic heterocycles. The van der Waals surface area contributed by atoms with Crippen molar-refractivity contribution in [1.82, 2.24) is 0 Å². The van der Waals surface area contributed by atoms with Crippen LogP contribution in [-0.4, -0.2) is 16.5 Å². The van der Waals surface area contributed by atoms with Crippen LogP contribution in [0.2, 0.25) is 5.25 Å². The molecule has 0 heterocycles. The second kappa shape index (κ2) is 2.75. The molecule has 0 saturated carbocycles. The summed E-state index contributed by atoms with van der Waals surface area (Å²) in [6.07, 6.45) is 1.42. The van der Waals surface area contributed by atoms with Crippen molar-refractivity contribution in [3.63, 3.8) is 0 Å². The van der Waals surface area contributed by atoms with Gasteiger partial charge in [0.05, 0.1) is 0 Å². The van der Waals surface area contributed by atoms with Crippen LogP contribution >= 0.6 is 0 Å². The Bertz CT molecular complexity index is 42.6. The average molecular weight is 161 g/mol. The third-order valence-electron chi connectivity index (χ3n) is 1.000. The van der Waals surface area contributed by atoms with Gasteiger partial charge in [0.25, 0.3) is 0 Å². The predicted molar refractivity (Wildman–Crippen MR) is 38.8 cm³/mol. The van der Waals surface area contributed by atoms with Gasteiger partial charge in [-0.2, -0.15) is 0 Å². The first-order valence-electron chi connectivity index (χ1n) is 3.06. The molecule has 0 fully saturated rings. The molecule has 0 aromatic carbocycles. The quantitative estimate of drug-likeness (QED) is 0.506. The molecule has 0 radical (unpaired) electrons. The van der Waals surface area contributed by atoms with Gasteiger partial charge in [-0.1, -0.05) is 0 Å². The molecule has 0 N–H and O–H groups in total. The van der Waals surface area contributed by atoms with Gasteiger partial charge in [0.15, 0.2) is 0 Å². The third kappa shape index (κ3) is 6.54. The van der Waals surface area contributed by atoms with E-state index in [1.54, 1.807) is 0 Å². The van der Waals surface area contributed by atoms with E-state index in [0.717, 1.165) is 16.5 Å². The Morgan fingerprint density at radius 3 is 1.71 bits per heavy atom. The monoisotopic (exact) mass is 162 g/mol. The summed E-state index contributed by atoms with van der Waals surface area (Å²) < 4.78 is 0. The van der Waals surface area contributed by atoms with Crippen LogP contribution in [0.4, 0.5) is 0 Å². The summed E-state index contributed by atoms with van der Waals surface area (Å²) in [5.41, 5.74) is 0.597. The SMILES string of the molecule is CC(C)(C)C[CH2][GeH3]. The standard InChI is InChI=1S/C6H16Ge/c1-6(2,3)4-5-7/h4-5H2,1-3,7H3. The van der Waals surface area contributed by atoms with Gasteiger partial charge < -0.3 is 0 Å². The van der Waals surface area contributed by atoms with Gasteiger partial charge in [-0.05, 0) is 0 Å². The first-order valence-corrected chi connectivity index (χ1v) is 6.03. The van der Waals surface area contributed by atoms with Crippen molar-refractivity contribution in [2.45, 2.75) is 32.4 Å². The van der Waals surface area contributed by atoms with Gasteiger partial charge >= 0.3 is 54.4 Å². The second-order valence-electron chi connectivity index (χ2n) is 3.31. The summed E-state index contributed by atoms with van der Waals surface area (Å²) in [6.45, 7) is 6.91. The van der Waals surface area contributed by atoms with Crippen molar-refractivity contribution in [2.24, 2.45) is 5.41 Å². The van der Waals surface area contributed by atoms with Crippen LogP contribution in [-0.2, 0) is 0 Å². The second-order valence-corrected chi connectivity index (χ2v) is 5.41. The Morgan fingerprint density at radius 2 is 1.71 bits per heavy atom. The first kappa shape index (κ1) is 7.54. The minimum absolute atomic E-state index is 0.597. The van der Waals surface area contributed by atoms with Crippen molar-refractivity contribution < 1.29 is 0 Å². The molecule has 0 aromatic heterocycles. The van der Waals surface area contributed by atoms with E-state index >= 15 is 0 Å². The van der Waals surface area contributed by atoms with Crippen LogP contribution in [0.25, 0.3) is 0 Å². The molecule has 0 amide bonds. The normalized spacial score (nSPS) is 12.4. The maximum atomic E-state index is 2.30. The summed E-state index contributed by atoms with van der Waals surface area (Å²) in [4.78, 5) is 0. The van der Waals surface area contributed by atoms with Crippen molar-refractivity contribution in [3.05, 3.63) is 0 Å². The Balaban J connectivity index is 3.15. The number of rotatable bonds is 1. The number of hydrogen-bond acceptors (Lipinski definition) is 0. The fourth-order valence-electron chi connectivity index (χ4n) is 0.750. The molecule has 0 aliphatic rings. The van der Waals surface area contributed by atoms with Gasteiger partial charge in [0.2, 0.25) is 0 Å². The molecule has 0 spiro atoms. The molecule has 0 saturated heterocycles. The third-order valence-corrected chi connectivity index (χ3v) is 2.05. The molecule has 1 heteroatoms. The van der Waals surface area contributed by atoms with Crippen molar-refractivity contribution in [3.8, 4) is 0 Å². The van der Waals surface area contributed by atoms with E-state index in [4.69, 9.17) is 0 Å². The summed E-state index contributed by atoms with van der Waals surface area (Å²) in [5, 5.41) is 1.50. The van der Waals surface area contributed by atoms with E-state index in [2.05, 4.69) is 20.8 Å². The zero-order chi connectivity index (χ0) is 5.91. The summed E-state index contributed by atoms with van der Waals surface area (Å²) >= 11 is 1.07. The van der Waals surface area contributed by atoms with E-state index in [1.807, 2.05) is 0 Å². The Labute approximate surface area is 54.9 Å². The van der Waals surface area contributed by atoms with Crippen molar-refractivity contribution in [1.29, 1.82) is 0 Å². The van der Waals surface area contributed by atoms with Crippen LogP contribution in [0.5, 0.6) is 0 Å². The van der Waals surface area contributed by atoms with Gasteiger partial charge in [-0.3, -0.25) is 0 Å². The molecule has 0 aromatic rings. The molecule has 0 bridgehead atoms. The average Bonchev–Trinajstić information content (AvgIpc) is 1.30. The van der Waals surface area contributed by atoms with E-state index in [0.29, 0.717) is 5.41 Å². The minimum atomic E-state index is 0.597. The molecule has 0 atom stereocenters. The van der Waals surface area contributed by atoms with Crippen LogP contribution in [0.15, 0.2) is 0 Å². The number of hydrogen-bond donors (Lipinski definition) is 0. The predicted octanol–water partition coefficient (Wildman–Crippen LogP) is 1.21. The summed E-state index contributed by atoms with van der Waals surface area (Å²) in [5.74, 6) is 0. The summed E-state index contributed by atoms with van der Waals surface area (Å²) in [6, 6.07) is 0. The molecular formula is C6H16Ge. The van der Waals surface area contributed by atoms with Crippen LogP contribution in [0.1, 0.15) is 27.2 Å². The van der Waals surface area contributed by atoms with Crippen molar-refractivity contribution >= 4 is 16.5 Å². The van der Waals surface area contributed by atoms with Gasteiger partial charge in [-0.25, -0.2) is 0 Å². The maximum absolute atomic E-state index is 2.30. The Morgan fingerprint density at radius 1 is 1.29 bits per heavy atom. The molecule has 0 rings (SSSR count). The zero-order valence-electron chi connectivity index (χ0n) is 5.91.